The second kappa shape index (κ2) is 3.64. The average Bonchev–Trinajstić information content (AvgIpc) is 2.30. The van der Waals surface area contributed by atoms with E-state index in [0.717, 1.165) is 12.1 Å². The Bertz CT molecular complexity index is 308. The number of rotatable bonds is 2. The second-order valence-electron chi connectivity index (χ2n) is 5.21. The molecule has 80 valence electrons. The van der Waals surface area contributed by atoms with Crippen LogP contribution < -0.4 is 0 Å². The van der Waals surface area contributed by atoms with Crippen LogP contribution in [0.15, 0.2) is 6.20 Å². The van der Waals surface area contributed by atoms with Gasteiger partial charge in [-0.15, -0.1) is 0 Å². The summed E-state index contributed by atoms with van der Waals surface area (Å²) in [4.78, 5) is 0. The maximum absolute atomic E-state index is 9.91. The second-order valence-corrected chi connectivity index (χ2v) is 5.21. The lowest BCUT2D eigenvalue weighted by atomic mass is 9.89. The molecule has 0 aromatic carbocycles. The molecular formula is C11H20N2O. The third-order valence-electron chi connectivity index (χ3n) is 2.16. The van der Waals surface area contributed by atoms with E-state index in [1.807, 2.05) is 0 Å². The van der Waals surface area contributed by atoms with Crippen molar-refractivity contribution < 1.29 is 5.11 Å². The van der Waals surface area contributed by atoms with Crippen molar-refractivity contribution in [3.63, 3.8) is 0 Å². The largest absolute Gasteiger partial charge is 0.493 e. The summed E-state index contributed by atoms with van der Waals surface area (Å²) in [7, 11) is 0. The van der Waals surface area contributed by atoms with Gasteiger partial charge in [0.2, 0.25) is 5.88 Å². The zero-order valence-corrected chi connectivity index (χ0v) is 9.70. The van der Waals surface area contributed by atoms with Crippen molar-refractivity contribution in [2.75, 3.05) is 0 Å². The molecular weight excluding hydrogens is 176 g/mol. The molecule has 0 saturated heterocycles. The molecule has 3 heteroatoms. The molecule has 14 heavy (non-hydrogen) atoms. The lowest BCUT2D eigenvalue weighted by Gasteiger charge is -2.16. The zero-order valence-electron chi connectivity index (χ0n) is 9.70. The highest BCUT2D eigenvalue weighted by molar-refractivity contribution is 5.29. The van der Waals surface area contributed by atoms with E-state index in [4.69, 9.17) is 0 Å². The molecule has 1 aromatic rings. The van der Waals surface area contributed by atoms with Crippen LogP contribution in [0, 0.1) is 5.92 Å². The summed E-state index contributed by atoms with van der Waals surface area (Å²) in [6.45, 7) is 11.2. The van der Waals surface area contributed by atoms with E-state index in [-0.39, 0.29) is 5.41 Å². The molecule has 0 bridgehead atoms. The molecule has 1 heterocycles. The summed E-state index contributed by atoms with van der Waals surface area (Å²) in [5.74, 6) is 0.805. The molecule has 0 aliphatic rings. The highest BCUT2D eigenvalue weighted by Crippen LogP contribution is 2.30. The molecule has 1 aromatic heterocycles. The minimum Gasteiger partial charge on any atom is -0.493 e. The molecule has 0 aliphatic heterocycles. The van der Waals surface area contributed by atoms with Gasteiger partial charge >= 0.3 is 0 Å². The molecule has 0 radical (unpaired) electrons. The molecule has 0 unspecified atom stereocenters. The zero-order chi connectivity index (χ0) is 10.9. The number of aromatic nitrogens is 2. The smallest absolute Gasteiger partial charge is 0.213 e. The van der Waals surface area contributed by atoms with Gasteiger partial charge in [-0.3, -0.25) is 0 Å². The normalized spacial score (nSPS) is 12.4. The number of hydrogen-bond donors (Lipinski definition) is 1. The SMILES string of the molecule is CC(C)Cn1ncc(C(C)(C)C)c1O. The fraction of sp³-hybridized carbons (Fsp3) is 0.727. The van der Waals surface area contributed by atoms with Gasteiger partial charge in [0, 0.05) is 12.1 Å². The molecule has 0 amide bonds. The quantitative estimate of drug-likeness (QED) is 0.789. The van der Waals surface area contributed by atoms with Crippen LogP contribution in [0.25, 0.3) is 0 Å². The molecule has 0 spiro atoms. The van der Waals surface area contributed by atoms with Crippen molar-refractivity contribution in [3.05, 3.63) is 11.8 Å². The van der Waals surface area contributed by atoms with Crippen molar-refractivity contribution in [2.45, 2.75) is 46.6 Å². The minimum absolute atomic E-state index is 0.0423. The lowest BCUT2D eigenvalue weighted by molar-refractivity contribution is 0.361. The Labute approximate surface area is 85.8 Å². The van der Waals surface area contributed by atoms with E-state index < -0.39 is 0 Å². The maximum Gasteiger partial charge on any atom is 0.213 e. The van der Waals surface area contributed by atoms with Gasteiger partial charge in [-0.2, -0.15) is 5.10 Å². The van der Waals surface area contributed by atoms with E-state index >= 15 is 0 Å². The molecule has 0 fully saturated rings. The fourth-order valence-corrected chi connectivity index (χ4v) is 1.39. The summed E-state index contributed by atoms with van der Waals surface area (Å²) in [5.41, 5.74) is 0.873. The van der Waals surface area contributed by atoms with Crippen LogP contribution in [0.3, 0.4) is 0 Å². The summed E-state index contributed by atoms with van der Waals surface area (Å²) in [6.07, 6.45) is 1.76. The predicted octanol–water partition coefficient (Wildman–Crippen LogP) is 2.54. The first-order valence-electron chi connectivity index (χ1n) is 5.07. The van der Waals surface area contributed by atoms with Gasteiger partial charge in [0.05, 0.1) is 6.20 Å². The predicted molar refractivity (Wildman–Crippen MR) is 57.4 cm³/mol. The van der Waals surface area contributed by atoms with Crippen LogP contribution in [0.1, 0.15) is 40.2 Å². The summed E-state index contributed by atoms with van der Waals surface area (Å²) >= 11 is 0. The standard InChI is InChI=1S/C11H20N2O/c1-8(2)7-13-10(14)9(6-12-13)11(3,4)5/h6,8,14H,7H2,1-5H3. The molecule has 1 N–H and O–H groups in total. The Morgan fingerprint density at radius 2 is 2.00 bits per heavy atom. The summed E-state index contributed by atoms with van der Waals surface area (Å²) < 4.78 is 1.67. The summed E-state index contributed by atoms with van der Waals surface area (Å²) in [5, 5.41) is 14.1. The third kappa shape index (κ3) is 2.28. The Hall–Kier alpha value is -0.990. The van der Waals surface area contributed by atoms with E-state index in [1.54, 1.807) is 10.9 Å². The van der Waals surface area contributed by atoms with Crippen molar-refractivity contribution in [1.82, 2.24) is 9.78 Å². The van der Waals surface area contributed by atoms with Crippen LogP contribution in [-0.4, -0.2) is 14.9 Å². The first-order valence-corrected chi connectivity index (χ1v) is 5.07. The van der Waals surface area contributed by atoms with Gasteiger partial charge in [0.25, 0.3) is 0 Å². The summed E-state index contributed by atoms with van der Waals surface area (Å²) in [6, 6.07) is 0. The first kappa shape index (κ1) is 11.1. The average molecular weight is 196 g/mol. The highest BCUT2D eigenvalue weighted by Gasteiger charge is 2.22. The monoisotopic (exact) mass is 196 g/mol. The van der Waals surface area contributed by atoms with Crippen molar-refractivity contribution in [3.8, 4) is 5.88 Å². The number of hydrogen-bond acceptors (Lipinski definition) is 2. The van der Waals surface area contributed by atoms with Crippen molar-refractivity contribution in [1.29, 1.82) is 0 Å². The fourth-order valence-electron chi connectivity index (χ4n) is 1.39. The van der Waals surface area contributed by atoms with Gasteiger partial charge in [-0.25, -0.2) is 4.68 Å². The Balaban J connectivity index is 2.97. The first-order chi connectivity index (χ1) is 6.32. The van der Waals surface area contributed by atoms with Crippen LogP contribution in [-0.2, 0) is 12.0 Å². The van der Waals surface area contributed by atoms with E-state index in [9.17, 15) is 5.11 Å². The molecule has 1 rings (SSSR count). The topological polar surface area (TPSA) is 38.0 Å². The Morgan fingerprint density at radius 1 is 1.43 bits per heavy atom. The molecule has 0 aliphatic carbocycles. The van der Waals surface area contributed by atoms with Gasteiger partial charge in [-0.1, -0.05) is 34.6 Å². The van der Waals surface area contributed by atoms with Gasteiger partial charge in [0.1, 0.15) is 0 Å². The van der Waals surface area contributed by atoms with Crippen molar-refractivity contribution in [2.24, 2.45) is 5.92 Å². The van der Waals surface area contributed by atoms with E-state index in [2.05, 4.69) is 39.7 Å². The Kier molecular flexibility index (Phi) is 2.88. The maximum atomic E-state index is 9.91. The van der Waals surface area contributed by atoms with Crippen molar-refractivity contribution >= 4 is 0 Å². The molecule has 0 atom stereocenters. The number of nitrogens with zero attached hydrogens (tertiary/aromatic N) is 2. The van der Waals surface area contributed by atoms with Crippen LogP contribution in [0.4, 0.5) is 0 Å². The number of aromatic hydroxyl groups is 1. The molecule has 3 nitrogen and oxygen atoms in total. The van der Waals surface area contributed by atoms with E-state index in [1.165, 1.54) is 0 Å². The van der Waals surface area contributed by atoms with Gasteiger partial charge in [-0.05, 0) is 11.3 Å². The van der Waals surface area contributed by atoms with E-state index in [0.29, 0.717) is 11.8 Å². The van der Waals surface area contributed by atoms with Gasteiger partial charge in [0.15, 0.2) is 0 Å². The minimum atomic E-state index is -0.0423. The Morgan fingerprint density at radius 3 is 2.36 bits per heavy atom. The third-order valence-corrected chi connectivity index (χ3v) is 2.16. The lowest BCUT2D eigenvalue weighted by Crippen LogP contribution is -2.11. The van der Waals surface area contributed by atoms with Crippen LogP contribution >= 0.6 is 0 Å². The van der Waals surface area contributed by atoms with Crippen LogP contribution in [0.2, 0.25) is 0 Å². The highest BCUT2D eigenvalue weighted by atomic mass is 16.3. The molecule has 0 saturated carbocycles. The van der Waals surface area contributed by atoms with Crippen LogP contribution in [0.5, 0.6) is 5.88 Å². The van der Waals surface area contributed by atoms with Gasteiger partial charge < -0.3 is 5.11 Å².